The van der Waals surface area contributed by atoms with Gasteiger partial charge in [0.05, 0.1) is 15.7 Å². The number of aliphatic imine (C=N–C) groups is 1. The predicted octanol–water partition coefficient (Wildman–Crippen LogP) is 8.20. The van der Waals surface area contributed by atoms with Crippen LogP contribution in [0.1, 0.15) is 37.5 Å². The lowest BCUT2D eigenvalue weighted by Gasteiger charge is -2.24. The minimum Gasteiger partial charge on any atom is -0.507 e. The highest BCUT2D eigenvalue weighted by Crippen LogP contribution is 2.41. The van der Waals surface area contributed by atoms with E-state index in [0.29, 0.717) is 10.0 Å². The molecule has 1 aliphatic heterocycles. The molecule has 0 saturated carbocycles. The molecule has 0 spiro atoms. The number of halogens is 2. The summed E-state index contributed by atoms with van der Waals surface area (Å²) in [5.41, 5.74) is 5.00. The van der Waals surface area contributed by atoms with E-state index in [1.165, 1.54) is 0 Å². The van der Waals surface area contributed by atoms with Crippen LogP contribution in [0.5, 0.6) is 5.75 Å². The lowest BCUT2D eigenvalue weighted by Crippen LogP contribution is -2.13. The topological polar surface area (TPSA) is 32.6 Å². The zero-order valence-corrected chi connectivity index (χ0v) is 19.9. The molecule has 31 heavy (non-hydrogen) atoms. The van der Waals surface area contributed by atoms with Crippen LogP contribution in [-0.4, -0.2) is 15.9 Å². The van der Waals surface area contributed by atoms with E-state index >= 15 is 0 Å². The second-order valence-electron chi connectivity index (χ2n) is 8.45. The van der Waals surface area contributed by atoms with Gasteiger partial charge in [0.1, 0.15) is 10.8 Å². The maximum absolute atomic E-state index is 11.3. The van der Waals surface area contributed by atoms with Crippen LogP contribution in [0.3, 0.4) is 0 Å². The van der Waals surface area contributed by atoms with Gasteiger partial charge in [0, 0.05) is 22.4 Å². The van der Waals surface area contributed by atoms with Gasteiger partial charge in [-0.15, -0.1) is 11.8 Å². The van der Waals surface area contributed by atoms with E-state index in [4.69, 9.17) is 28.2 Å². The van der Waals surface area contributed by atoms with Crippen molar-refractivity contribution in [3.8, 4) is 16.9 Å². The number of aromatic hydroxyl groups is 1. The number of hydrogen-bond acceptors (Lipinski definition) is 3. The quantitative estimate of drug-likeness (QED) is 0.420. The van der Waals surface area contributed by atoms with Crippen LogP contribution in [0.4, 0.5) is 0 Å². The molecule has 0 aromatic heterocycles. The lowest BCUT2D eigenvalue weighted by atomic mass is 9.83. The van der Waals surface area contributed by atoms with Gasteiger partial charge in [-0.2, -0.15) is 0 Å². The van der Waals surface area contributed by atoms with Gasteiger partial charge in [-0.05, 0) is 46.9 Å². The molecule has 1 heterocycles. The minimum absolute atomic E-state index is 0.0867. The van der Waals surface area contributed by atoms with Crippen molar-refractivity contribution in [2.45, 2.75) is 26.2 Å². The second kappa shape index (κ2) is 8.74. The predicted molar refractivity (Wildman–Crippen MR) is 136 cm³/mol. The number of rotatable bonds is 3. The van der Waals surface area contributed by atoms with E-state index in [-0.39, 0.29) is 11.2 Å². The normalized spacial score (nSPS) is 14.2. The molecule has 4 rings (SSSR count). The molecular formula is C26H23Cl2NOS. The summed E-state index contributed by atoms with van der Waals surface area (Å²) in [4.78, 5) is 4.87. The molecule has 5 heteroatoms. The van der Waals surface area contributed by atoms with Crippen LogP contribution in [0.15, 0.2) is 71.7 Å². The molecule has 0 amide bonds. The minimum atomic E-state index is -0.0867. The van der Waals surface area contributed by atoms with Gasteiger partial charge in [0.15, 0.2) is 0 Å². The van der Waals surface area contributed by atoms with Gasteiger partial charge in [-0.25, -0.2) is 4.99 Å². The molecule has 158 valence electrons. The van der Waals surface area contributed by atoms with Crippen molar-refractivity contribution in [3.63, 3.8) is 0 Å². The first kappa shape index (κ1) is 22.0. The summed E-state index contributed by atoms with van der Waals surface area (Å²) in [5.74, 6) is 0.951. The third-order valence-electron chi connectivity index (χ3n) is 5.23. The molecule has 0 saturated heterocycles. The highest BCUT2D eigenvalue weighted by atomic mass is 35.5. The van der Waals surface area contributed by atoms with Crippen molar-refractivity contribution in [1.82, 2.24) is 0 Å². The van der Waals surface area contributed by atoms with Gasteiger partial charge in [0.25, 0.3) is 0 Å². The number of thioether (sulfide) groups is 1. The maximum Gasteiger partial charge on any atom is 0.133 e. The molecule has 0 fully saturated rings. The van der Waals surface area contributed by atoms with Crippen molar-refractivity contribution < 1.29 is 5.11 Å². The fraction of sp³-hybridized carbons (Fsp3) is 0.192. The fourth-order valence-corrected chi connectivity index (χ4v) is 4.96. The molecule has 0 radical (unpaired) electrons. The molecule has 0 bridgehead atoms. The largest absolute Gasteiger partial charge is 0.507 e. The summed E-state index contributed by atoms with van der Waals surface area (Å²) >= 11 is 14.4. The summed E-state index contributed by atoms with van der Waals surface area (Å²) in [6, 6.07) is 19.5. The Morgan fingerprint density at radius 3 is 2.19 bits per heavy atom. The van der Waals surface area contributed by atoms with Gasteiger partial charge in [-0.1, -0.05) is 80.4 Å². The Bertz CT molecular complexity index is 1170. The van der Waals surface area contributed by atoms with Gasteiger partial charge >= 0.3 is 0 Å². The molecule has 3 aromatic carbocycles. The first-order chi connectivity index (χ1) is 14.8. The van der Waals surface area contributed by atoms with Crippen molar-refractivity contribution in [1.29, 1.82) is 0 Å². The van der Waals surface area contributed by atoms with Crippen LogP contribution in [0.2, 0.25) is 10.0 Å². The van der Waals surface area contributed by atoms with E-state index in [0.717, 1.165) is 44.3 Å². The number of benzene rings is 3. The highest BCUT2D eigenvalue weighted by molar-refractivity contribution is 8.14. The zero-order valence-electron chi connectivity index (χ0n) is 17.6. The lowest BCUT2D eigenvalue weighted by molar-refractivity contribution is 0.475. The summed E-state index contributed by atoms with van der Waals surface area (Å²) in [6.45, 7) is 6.51. The first-order valence-corrected chi connectivity index (χ1v) is 11.8. The van der Waals surface area contributed by atoms with E-state index in [2.05, 4.69) is 26.8 Å². The summed E-state index contributed by atoms with van der Waals surface area (Å²) in [5, 5.41) is 13.2. The van der Waals surface area contributed by atoms with Gasteiger partial charge < -0.3 is 5.11 Å². The van der Waals surface area contributed by atoms with Crippen LogP contribution in [0.25, 0.3) is 16.8 Å². The Hall–Kier alpha value is -2.20. The standard InChI is InChI=1S/C26H23Cl2NOS/c1-26(2,3)17-14-18(16-8-5-4-6-9-16)24(30)19(15-17)25-29-22(12-13-31-25)23-20(27)10-7-11-21(23)28/h4-12,14-15,30H,13H2,1-3H3. The van der Waals surface area contributed by atoms with Crippen LogP contribution in [-0.2, 0) is 5.41 Å². The van der Waals surface area contributed by atoms with E-state index < -0.39 is 0 Å². The van der Waals surface area contributed by atoms with E-state index in [9.17, 15) is 5.11 Å². The summed E-state index contributed by atoms with van der Waals surface area (Å²) < 4.78 is 0. The molecule has 1 N–H and O–H groups in total. The highest BCUT2D eigenvalue weighted by Gasteiger charge is 2.24. The SMILES string of the molecule is CC(C)(C)c1cc(C2=NC(c3c(Cl)cccc3Cl)=CCS2)c(O)c(-c2ccccc2)c1. The van der Waals surface area contributed by atoms with Crippen molar-refractivity contribution in [3.05, 3.63) is 93.5 Å². The Kier molecular flexibility index (Phi) is 6.20. The van der Waals surface area contributed by atoms with Crippen molar-refractivity contribution >= 4 is 45.7 Å². The molecular weight excluding hydrogens is 445 g/mol. The number of hydrogen-bond donors (Lipinski definition) is 1. The third-order valence-corrected chi connectivity index (χ3v) is 6.78. The third kappa shape index (κ3) is 4.55. The Morgan fingerprint density at radius 1 is 0.903 bits per heavy atom. The Labute approximate surface area is 197 Å². The average Bonchev–Trinajstić information content (AvgIpc) is 2.74. The number of nitrogens with zero attached hydrogens (tertiary/aromatic N) is 1. The average molecular weight is 468 g/mol. The van der Waals surface area contributed by atoms with Crippen molar-refractivity contribution in [2.75, 3.05) is 5.75 Å². The fourth-order valence-electron chi connectivity index (χ4n) is 3.49. The molecule has 2 nitrogen and oxygen atoms in total. The molecule has 0 atom stereocenters. The second-order valence-corrected chi connectivity index (χ2v) is 10.3. The Balaban J connectivity index is 1.89. The molecule has 0 aliphatic carbocycles. The zero-order chi connectivity index (χ0) is 22.2. The Morgan fingerprint density at radius 2 is 1.55 bits per heavy atom. The maximum atomic E-state index is 11.3. The number of phenolic OH excluding ortho intramolecular Hbond substituents is 1. The van der Waals surface area contributed by atoms with Crippen LogP contribution in [0, 0.1) is 0 Å². The molecule has 3 aromatic rings. The van der Waals surface area contributed by atoms with Gasteiger partial charge in [0.2, 0.25) is 0 Å². The summed E-state index contributed by atoms with van der Waals surface area (Å²) in [6.07, 6.45) is 2.02. The van der Waals surface area contributed by atoms with Crippen LogP contribution < -0.4 is 0 Å². The smallest absolute Gasteiger partial charge is 0.133 e. The number of phenols is 1. The monoisotopic (exact) mass is 467 g/mol. The first-order valence-electron chi connectivity index (χ1n) is 10.0. The van der Waals surface area contributed by atoms with Gasteiger partial charge in [-0.3, -0.25) is 0 Å². The summed E-state index contributed by atoms with van der Waals surface area (Å²) in [7, 11) is 0. The molecule has 1 aliphatic rings. The van der Waals surface area contributed by atoms with E-state index in [1.54, 1.807) is 11.8 Å². The molecule has 0 unspecified atom stereocenters. The van der Waals surface area contributed by atoms with Crippen LogP contribution >= 0.6 is 35.0 Å². The van der Waals surface area contributed by atoms with Crippen molar-refractivity contribution in [2.24, 2.45) is 4.99 Å². The van der Waals surface area contributed by atoms with E-state index in [1.807, 2.05) is 60.7 Å².